The Balaban J connectivity index is 2.20. The molecule has 0 aliphatic carbocycles. The number of fused-ring (bicyclic) bond motifs is 1. The summed E-state index contributed by atoms with van der Waals surface area (Å²) >= 11 is 3.20. The van der Waals surface area contributed by atoms with Crippen molar-refractivity contribution in [2.24, 2.45) is 0 Å². The van der Waals surface area contributed by atoms with E-state index >= 15 is 0 Å². The number of aromatic amines is 1. The molecule has 2 aromatic rings. The minimum atomic E-state index is -1.28. The molecule has 3 rings (SSSR count). The first kappa shape index (κ1) is 15.1. The molecule has 10 heteroatoms. The number of hydrogen-bond donors (Lipinski definition) is 5. The summed E-state index contributed by atoms with van der Waals surface area (Å²) in [7, 11) is 0. The largest absolute Gasteiger partial charge is 0.394 e. The molecule has 4 atom stereocenters. The highest BCUT2D eigenvalue weighted by molar-refractivity contribution is 9.10. The van der Waals surface area contributed by atoms with Crippen molar-refractivity contribution in [2.45, 2.75) is 24.5 Å². The van der Waals surface area contributed by atoms with E-state index in [1.807, 2.05) is 6.07 Å². The Morgan fingerprint density at radius 3 is 2.82 bits per heavy atom. The van der Waals surface area contributed by atoms with Crippen LogP contribution in [0.25, 0.3) is 11.0 Å². The van der Waals surface area contributed by atoms with Crippen molar-refractivity contribution < 1.29 is 20.1 Å². The molecule has 0 radical (unpaired) electrons. The lowest BCUT2D eigenvalue weighted by molar-refractivity contribution is -0.0515. The number of aromatic nitrogens is 3. The van der Waals surface area contributed by atoms with Crippen LogP contribution in [0.15, 0.2) is 10.9 Å². The number of nitrogens with one attached hydrogen (secondary N) is 2. The zero-order chi connectivity index (χ0) is 16.0. The van der Waals surface area contributed by atoms with E-state index in [4.69, 9.17) is 15.3 Å². The second-order valence-electron chi connectivity index (χ2n) is 4.88. The van der Waals surface area contributed by atoms with Crippen molar-refractivity contribution in [1.82, 2.24) is 14.5 Å². The van der Waals surface area contributed by atoms with E-state index in [1.165, 1.54) is 10.9 Å². The fraction of sp³-hybridized carbons (Fsp3) is 0.417. The van der Waals surface area contributed by atoms with E-state index < -0.39 is 31.1 Å². The quantitative estimate of drug-likeness (QED) is 0.462. The van der Waals surface area contributed by atoms with Crippen LogP contribution in [-0.2, 0) is 4.74 Å². The molecule has 0 amide bonds. The Morgan fingerprint density at radius 2 is 2.23 bits per heavy atom. The van der Waals surface area contributed by atoms with E-state index in [0.29, 0.717) is 10.3 Å². The first-order valence-corrected chi connectivity index (χ1v) is 7.14. The van der Waals surface area contributed by atoms with Gasteiger partial charge in [-0.15, -0.1) is 0 Å². The lowest BCUT2D eigenvalue weighted by atomic mass is 10.1. The predicted octanol–water partition coefficient (Wildman–Crippen LogP) is -0.910. The Kier molecular flexibility index (Phi) is 3.75. The second-order valence-corrected chi connectivity index (χ2v) is 5.67. The molecule has 0 bridgehead atoms. The molecule has 2 aromatic heterocycles. The highest BCUT2D eigenvalue weighted by Crippen LogP contribution is 2.32. The molecular weight excluding hydrogens is 358 g/mol. The van der Waals surface area contributed by atoms with Gasteiger partial charge in [-0.1, -0.05) is 0 Å². The molecule has 0 aromatic carbocycles. The minimum absolute atomic E-state index is 0.100. The molecule has 1 aliphatic heterocycles. The summed E-state index contributed by atoms with van der Waals surface area (Å²) < 4.78 is 7.22. The second kappa shape index (κ2) is 5.45. The van der Waals surface area contributed by atoms with Gasteiger partial charge in [-0.25, -0.2) is 4.98 Å². The van der Waals surface area contributed by atoms with E-state index in [1.54, 1.807) is 0 Å². The van der Waals surface area contributed by atoms with Crippen LogP contribution in [0.1, 0.15) is 11.8 Å². The average Bonchev–Trinajstić information content (AvgIpc) is 2.98. The van der Waals surface area contributed by atoms with Crippen LogP contribution >= 0.6 is 15.9 Å². The number of aliphatic hydroxyl groups excluding tert-OH is 3. The van der Waals surface area contributed by atoms with Crippen LogP contribution < -0.4 is 5.49 Å². The van der Waals surface area contributed by atoms with Gasteiger partial charge in [0.25, 0.3) is 0 Å². The molecular formula is C12H12BrN5O4. The highest BCUT2D eigenvalue weighted by atomic mass is 79.9. The van der Waals surface area contributed by atoms with Gasteiger partial charge in [0.05, 0.1) is 17.6 Å². The number of nitrogens with zero attached hydrogens (tertiary/aromatic N) is 3. The third kappa shape index (κ3) is 2.06. The number of rotatable bonds is 2. The van der Waals surface area contributed by atoms with Gasteiger partial charge in [0.1, 0.15) is 41.0 Å². The van der Waals surface area contributed by atoms with Crippen molar-refractivity contribution in [3.8, 4) is 6.07 Å². The smallest absolute Gasteiger partial charge is 0.165 e. The molecule has 0 unspecified atom stereocenters. The Morgan fingerprint density at radius 1 is 1.50 bits per heavy atom. The number of halogens is 1. The van der Waals surface area contributed by atoms with Crippen molar-refractivity contribution in [3.63, 3.8) is 0 Å². The van der Waals surface area contributed by atoms with Crippen molar-refractivity contribution >= 4 is 27.0 Å². The molecule has 1 saturated heterocycles. The zero-order valence-electron chi connectivity index (χ0n) is 11.1. The Hall–Kier alpha value is -1.77. The highest BCUT2D eigenvalue weighted by Gasteiger charge is 2.43. The van der Waals surface area contributed by atoms with Gasteiger partial charge in [-0.3, -0.25) is 9.98 Å². The number of nitriles is 1. The van der Waals surface area contributed by atoms with Crippen molar-refractivity contribution in [2.75, 3.05) is 6.61 Å². The van der Waals surface area contributed by atoms with Crippen LogP contribution in [0.4, 0.5) is 0 Å². The van der Waals surface area contributed by atoms with Crippen LogP contribution in [-0.4, -0.2) is 54.8 Å². The molecule has 1 fully saturated rings. The normalized spacial score (nSPS) is 28.1. The SMILES string of the molecule is N#Cc1c(Br)[nH]c2c1c(=N)ncn2[C@@H]1O[C@H](CO)[C@@H](O)[C@H]1O. The molecule has 116 valence electrons. The van der Waals surface area contributed by atoms with Gasteiger partial charge in [0.15, 0.2) is 11.7 Å². The lowest BCUT2D eigenvalue weighted by Gasteiger charge is -2.18. The van der Waals surface area contributed by atoms with Crippen LogP contribution in [0.5, 0.6) is 0 Å². The standard InChI is InChI=1S/C12H12BrN5O4/c13-9-4(1-14)6-10(15)16-3-18(11(6)17-9)12-8(21)7(20)5(2-19)22-12/h3,5,7-8,12,15,17,19-21H,2H2/t5-,7-,8-,12-/m1/s1. The Bertz CT molecular complexity index is 825. The van der Waals surface area contributed by atoms with E-state index in [-0.39, 0.29) is 16.4 Å². The first-order chi connectivity index (χ1) is 10.5. The van der Waals surface area contributed by atoms with Gasteiger partial charge < -0.3 is 25.0 Å². The maximum absolute atomic E-state index is 10.1. The van der Waals surface area contributed by atoms with Gasteiger partial charge in [0, 0.05) is 0 Å². The number of ether oxygens (including phenoxy) is 1. The average molecular weight is 370 g/mol. The first-order valence-electron chi connectivity index (χ1n) is 6.35. The maximum Gasteiger partial charge on any atom is 0.165 e. The third-order valence-corrected chi connectivity index (χ3v) is 4.24. The van der Waals surface area contributed by atoms with E-state index in [9.17, 15) is 15.5 Å². The summed E-state index contributed by atoms with van der Waals surface area (Å²) in [6.45, 7) is -0.444. The molecule has 3 heterocycles. The fourth-order valence-electron chi connectivity index (χ4n) is 2.53. The van der Waals surface area contributed by atoms with Gasteiger partial charge >= 0.3 is 0 Å². The Labute approximate surface area is 132 Å². The number of H-pyrrole nitrogens is 1. The van der Waals surface area contributed by atoms with Crippen molar-refractivity contribution in [3.05, 3.63) is 22.0 Å². The van der Waals surface area contributed by atoms with E-state index in [0.717, 1.165) is 0 Å². The lowest BCUT2D eigenvalue weighted by Crippen LogP contribution is -2.33. The van der Waals surface area contributed by atoms with Crippen LogP contribution in [0.3, 0.4) is 0 Å². The van der Waals surface area contributed by atoms with Gasteiger partial charge in [0.2, 0.25) is 0 Å². The monoisotopic (exact) mass is 369 g/mol. The summed E-state index contributed by atoms with van der Waals surface area (Å²) in [5.74, 6) is 0. The molecule has 5 N–H and O–H groups in total. The maximum atomic E-state index is 10.1. The topological polar surface area (TPSA) is 151 Å². The van der Waals surface area contributed by atoms with Crippen LogP contribution in [0, 0.1) is 16.7 Å². The molecule has 1 aliphatic rings. The fourth-order valence-corrected chi connectivity index (χ4v) is 3.01. The number of aliphatic hydroxyl groups is 3. The van der Waals surface area contributed by atoms with Gasteiger partial charge in [-0.2, -0.15) is 5.26 Å². The molecule has 9 nitrogen and oxygen atoms in total. The van der Waals surface area contributed by atoms with Gasteiger partial charge in [-0.05, 0) is 15.9 Å². The predicted molar refractivity (Wildman–Crippen MR) is 75.4 cm³/mol. The summed E-state index contributed by atoms with van der Waals surface area (Å²) in [5.41, 5.74) is 0.461. The summed E-state index contributed by atoms with van der Waals surface area (Å²) in [5, 5.41) is 46.4. The number of hydrogen-bond acceptors (Lipinski definition) is 7. The third-order valence-electron chi connectivity index (χ3n) is 3.64. The summed E-state index contributed by atoms with van der Waals surface area (Å²) in [6, 6.07) is 1.97. The molecule has 0 saturated carbocycles. The molecule has 22 heavy (non-hydrogen) atoms. The summed E-state index contributed by atoms with van der Waals surface area (Å²) in [6.07, 6.45) is -3.18. The molecule has 0 spiro atoms. The van der Waals surface area contributed by atoms with Crippen molar-refractivity contribution in [1.29, 1.82) is 10.7 Å². The summed E-state index contributed by atoms with van der Waals surface area (Å²) in [4.78, 5) is 6.78. The minimum Gasteiger partial charge on any atom is -0.394 e. The van der Waals surface area contributed by atoms with E-state index in [2.05, 4.69) is 25.9 Å². The zero-order valence-corrected chi connectivity index (χ0v) is 12.6. The van der Waals surface area contributed by atoms with Crippen LogP contribution in [0.2, 0.25) is 0 Å².